The quantitative estimate of drug-likeness (QED) is 0.480. The molecule has 0 atom stereocenters. The summed E-state index contributed by atoms with van der Waals surface area (Å²) in [5, 5.41) is 7.48. The first-order chi connectivity index (χ1) is 13.5. The van der Waals surface area contributed by atoms with E-state index < -0.39 is 0 Å². The molecule has 1 N–H and O–H groups in total. The summed E-state index contributed by atoms with van der Waals surface area (Å²) in [6, 6.07) is 17.1. The van der Waals surface area contributed by atoms with Crippen LogP contribution in [0.3, 0.4) is 0 Å². The largest absolute Gasteiger partial charge is 0.321 e. The first-order valence-corrected chi connectivity index (χ1v) is 9.38. The van der Waals surface area contributed by atoms with Gasteiger partial charge in [0, 0.05) is 16.9 Å². The zero-order valence-electron chi connectivity index (χ0n) is 14.9. The highest BCUT2D eigenvalue weighted by atomic mass is 79.9. The van der Waals surface area contributed by atoms with Crippen molar-refractivity contribution < 1.29 is 9.18 Å². The van der Waals surface area contributed by atoms with Crippen molar-refractivity contribution in [3.63, 3.8) is 0 Å². The number of halogens is 2. The van der Waals surface area contributed by atoms with Gasteiger partial charge in [0.1, 0.15) is 11.4 Å². The van der Waals surface area contributed by atoms with Crippen LogP contribution in [0, 0.1) is 12.7 Å². The highest BCUT2D eigenvalue weighted by Gasteiger charge is 2.24. The van der Waals surface area contributed by atoms with Crippen LogP contribution >= 0.6 is 15.9 Å². The van der Waals surface area contributed by atoms with E-state index in [4.69, 9.17) is 0 Å². The fourth-order valence-corrected chi connectivity index (χ4v) is 3.39. The number of carbonyl (C=O) groups is 1. The standard InChI is InChI=1S/C21H16BrFN4O/c1-14-19(20(28)24-18-7-3-2-6-17(18)22)21(26-12-4-5-13-26)27(25-14)16-10-8-15(23)9-11-16/h2-13H,1H3,(H,24,28). The van der Waals surface area contributed by atoms with Crippen molar-refractivity contribution in [1.29, 1.82) is 0 Å². The number of hydrogen-bond donors (Lipinski definition) is 1. The zero-order valence-corrected chi connectivity index (χ0v) is 16.5. The van der Waals surface area contributed by atoms with E-state index in [-0.39, 0.29) is 11.7 Å². The second-order valence-electron chi connectivity index (χ2n) is 6.20. The van der Waals surface area contributed by atoms with Gasteiger partial charge < -0.3 is 9.88 Å². The van der Waals surface area contributed by atoms with Gasteiger partial charge in [-0.2, -0.15) is 5.10 Å². The maximum absolute atomic E-state index is 13.4. The van der Waals surface area contributed by atoms with Crippen LogP contribution in [0.25, 0.3) is 11.5 Å². The summed E-state index contributed by atoms with van der Waals surface area (Å²) >= 11 is 3.45. The van der Waals surface area contributed by atoms with E-state index in [9.17, 15) is 9.18 Å². The van der Waals surface area contributed by atoms with Gasteiger partial charge in [0.05, 0.1) is 17.1 Å². The Morgan fingerprint density at radius 2 is 1.71 bits per heavy atom. The molecule has 0 aliphatic heterocycles. The number of carbonyl (C=O) groups excluding carboxylic acids is 1. The van der Waals surface area contributed by atoms with Crippen LogP contribution in [0.4, 0.5) is 10.1 Å². The number of amides is 1. The molecule has 0 saturated heterocycles. The molecule has 2 aromatic carbocycles. The molecule has 28 heavy (non-hydrogen) atoms. The molecule has 0 aliphatic rings. The molecule has 0 radical (unpaired) electrons. The lowest BCUT2D eigenvalue weighted by molar-refractivity contribution is 0.102. The lowest BCUT2D eigenvalue weighted by atomic mass is 10.2. The fourth-order valence-electron chi connectivity index (χ4n) is 3.00. The summed E-state index contributed by atoms with van der Waals surface area (Å²) < 4.78 is 17.6. The second-order valence-corrected chi connectivity index (χ2v) is 7.05. The van der Waals surface area contributed by atoms with Crippen molar-refractivity contribution in [2.24, 2.45) is 0 Å². The Morgan fingerprint density at radius 3 is 2.39 bits per heavy atom. The Bertz CT molecular complexity index is 1130. The SMILES string of the molecule is Cc1nn(-c2ccc(F)cc2)c(-n2cccc2)c1C(=O)Nc1ccccc1Br. The summed E-state index contributed by atoms with van der Waals surface area (Å²) in [5.74, 6) is -0.0258. The number of hydrogen-bond acceptors (Lipinski definition) is 2. The molecule has 140 valence electrons. The Morgan fingerprint density at radius 1 is 1.04 bits per heavy atom. The third-order valence-corrected chi connectivity index (χ3v) is 5.00. The molecule has 0 bridgehead atoms. The molecule has 0 fully saturated rings. The van der Waals surface area contributed by atoms with E-state index in [1.807, 2.05) is 53.4 Å². The predicted octanol–water partition coefficient (Wildman–Crippen LogP) is 5.13. The molecule has 5 nitrogen and oxygen atoms in total. The van der Waals surface area contributed by atoms with Crippen molar-refractivity contribution >= 4 is 27.5 Å². The van der Waals surface area contributed by atoms with Crippen LogP contribution in [0.1, 0.15) is 16.1 Å². The summed E-state index contributed by atoms with van der Waals surface area (Å²) in [5.41, 5.74) is 2.34. The number of benzene rings is 2. The van der Waals surface area contributed by atoms with Gasteiger partial charge in [0.2, 0.25) is 0 Å². The lowest BCUT2D eigenvalue weighted by Gasteiger charge is -2.12. The molecular formula is C21H16BrFN4O. The third-order valence-electron chi connectivity index (χ3n) is 4.31. The van der Waals surface area contributed by atoms with Gasteiger partial charge in [-0.3, -0.25) is 4.79 Å². The van der Waals surface area contributed by atoms with Gasteiger partial charge >= 0.3 is 0 Å². The minimum atomic E-state index is -0.331. The van der Waals surface area contributed by atoms with E-state index in [1.165, 1.54) is 12.1 Å². The van der Waals surface area contributed by atoms with Crippen LogP contribution in [0.2, 0.25) is 0 Å². The second kappa shape index (κ2) is 7.44. The maximum atomic E-state index is 13.4. The van der Waals surface area contributed by atoms with Gasteiger partial charge in [-0.1, -0.05) is 12.1 Å². The van der Waals surface area contributed by atoms with E-state index in [2.05, 4.69) is 26.3 Å². The van der Waals surface area contributed by atoms with Gasteiger partial charge in [0.15, 0.2) is 5.82 Å². The summed E-state index contributed by atoms with van der Waals surface area (Å²) in [7, 11) is 0. The normalized spacial score (nSPS) is 10.8. The maximum Gasteiger partial charge on any atom is 0.261 e. The number of rotatable bonds is 4. The lowest BCUT2D eigenvalue weighted by Crippen LogP contribution is -2.16. The highest BCUT2D eigenvalue weighted by Crippen LogP contribution is 2.26. The monoisotopic (exact) mass is 438 g/mol. The first-order valence-electron chi connectivity index (χ1n) is 8.59. The van der Waals surface area contributed by atoms with Gasteiger partial charge in [0.25, 0.3) is 5.91 Å². The summed E-state index contributed by atoms with van der Waals surface area (Å²) in [6.07, 6.45) is 3.68. The topological polar surface area (TPSA) is 51.9 Å². The van der Waals surface area contributed by atoms with Crippen molar-refractivity contribution in [3.8, 4) is 11.5 Å². The van der Waals surface area contributed by atoms with Crippen molar-refractivity contribution in [2.45, 2.75) is 6.92 Å². The number of nitrogens with zero attached hydrogens (tertiary/aromatic N) is 3. The molecule has 4 rings (SSSR count). The Labute approximate surface area is 169 Å². The number of anilines is 1. The molecule has 1 amide bonds. The highest BCUT2D eigenvalue weighted by molar-refractivity contribution is 9.10. The molecule has 2 aromatic heterocycles. The van der Waals surface area contributed by atoms with Crippen molar-refractivity contribution in [1.82, 2.24) is 14.3 Å². The third kappa shape index (κ3) is 3.36. The molecule has 7 heteroatoms. The average molecular weight is 439 g/mol. The van der Waals surface area contributed by atoms with Gasteiger partial charge in [-0.25, -0.2) is 9.07 Å². The molecule has 0 aliphatic carbocycles. The van der Waals surface area contributed by atoms with E-state index >= 15 is 0 Å². The Hall–Kier alpha value is -3.19. The van der Waals surface area contributed by atoms with Crippen LogP contribution in [-0.4, -0.2) is 20.3 Å². The van der Waals surface area contributed by atoms with Crippen LogP contribution in [0.5, 0.6) is 0 Å². The van der Waals surface area contributed by atoms with Crippen LogP contribution < -0.4 is 5.32 Å². The molecule has 0 spiro atoms. The summed E-state index contributed by atoms with van der Waals surface area (Å²) in [4.78, 5) is 13.1. The van der Waals surface area contributed by atoms with E-state index in [1.54, 1.807) is 23.7 Å². The van der Waals surface area contributed by atoms with E-state index in [0.717, 1.165) is 4.47 Å². The number of aryl methyl sites for hydroxylation is 1. The number of para-hydroxylation sites is 1. The van der Waals surface area contributed by atoms with Crippen molar-refractivity contribution in [3.05, 3.63) is 94.6 Å². The Balaban J connectivity index is 1.84. The van der Waals surface area contributed by atoms with Crippen LogP contribution in [-0.2, 0) is 0 Å². The summed E-state index contributed by atoms with van der Waals surface area (Å²) in [6.45, 7) is 1.78. The van der Waals surface area contributed by atoms with Gasteiger partial charge in [-0.05, 0) is 71.4 Å². The fraction of sp³-hybridized carbons (Fsp3) is 0.0476. The van der Waals surface area contributed by atoms with Crippen molar-refractivity contribution in [2.75, 3.05) is 5.32 Å². The van der Waals surface area contributed by atoms with Crippen LogP contribution in [0.15, 0.2) is 77.5 Å². The van der Waals surface area contributed by atoms with E-state index in [0.29, 0.717) is 28.5 Å². The minimum Gasteiger partial charge on any atom is -0.321 e. The first kappa shape index (κ1) is 18.2. The number of aromatic nitrogens is 3. The molecule has 4 aromatic rings. The smallest absolute Gasteiger partial charge is 0.261 e. The minimum absolute atomic E-state index is 0.276. The molecule has 0 unspecified atom stereocenters. The molecular weight excluding hydrogens is 423 g/mol. The predicted molar refractivity (Wildman–Crippen MR) is 110 cm³/mol. The molecule has 2 heterocycles. The Kier molecular flexibility index (Phi) is 4.83. The van der Waals surface area contributed by atoms with Gasteiger partial charge in [-0.15, -0.1) is 0 Å². The number of nitrogens with one attached hydrogen (secondary N) is 1. The average Bonchev–Trinajstić information content (AvgIpc) is 3.31. The molecule has 0 saturated carbocycles. The zero-order chi connectivity index (χ0) is 19.7.